The molecule has 0 bridgehead atoms. The quantitative estimate of drug-likeness (QED) is 0.794. The minimum atomic E-state index is -0.880. The molecular weight excluding hydrogens is 194 g/mol. The highest BCUT2D eigenvalue weighted by atomic mass is 16.4. The van der Waals surface area contributed by atoms with Crippen molar-refractivity contribution < 1.29 is 14.7 Å². The van der Waals surface area contributed by atoms with Crippen molar-refractivity contribution in [1.82, 2.24) is 0 Å². The molecule has 1 unspecified atom stereocenters. The Labute approximate surface area is 87.9 Å². The van der Waals surface area contributed by atoms with E-state index < -0.39 is 11.9 Å². The van der Waals surface area contributed by atoms with Gasteiger partial charge in [0, 0.05) is 12.6 Å². The second-order valence-electron chi connectivity index (χ2n) is 3.37. The van der Waals surface area contributed by atoms with Crippen LogP contribution in [0, 0.1) is 0 Å². The minimum Gasteiger partial charge on any atom is -0.481 e. The smallest absolute Gasteiger partial charge is 0.310 e. The van der Waals surface area contributed by atoms with Crippen molar-refractivity contribution in [2.75, 3.05) is 5.32 Å². The number of carbonyl (C=O) groups is 2. The summed E-state index contributed by atoms with van der Waals surface area (Å²) in [4.78, 5) is 21.5. The highest BCUT2D eigenvalue weighted by Crippen LogP contribution is 2.19. The van der Waals surface area contributed by atoms with Crippen molar-refractivity contribution >= 4 is 17.6 Å². The lowest BCUT2D eigenvalue weighted by atomic mass is 10.0. The maximum Gasteiger partial charge on any atom is 0.310 e. The fraction of sp³-hybridized carbons (Fsp3) is 0.273. The Kier molecular flexibility index (Phi) is 3.44. The van der Waals surface area contributed by atoms with Gasteiger partial charge in [0.2, 0.25) is 5.91 Å². The van der Waals surface area contributed by atoms with Gasteiger partial charge in [0.25, 0.3) is 0 Å². The zero-order chi connectivity index (χ0) is 11.4. The van der Waals surface area contributed by atoms with Gasteiger partial charge in [-0.2, -0.15) is 0 Å². The first-order valence-corrected chi connectivity index (χ1v) is 4.61. The molecule has 15 heavy (non-hydrogen) atoms. The SMILES string of the molecule is CC(=O)Nc1cccc(C(C)C(=O)O)c1. The Balaban J connectivity index is 2.92. The van der Waals surface area contributed by atoms with E-state index in [1.54, 1.807) is 31.2 Å². The molecule has 0 saturated carbocycles. The molecule has 0 fully saturated rings. The summed E-state index contributed by atoms with van der Waals surface area (Å²) in [5, 5.41) is 11.4. The summed E-state index contributed by atoms with van der Waals surface area (Å²) in [7, 11) is 0. The molecule has 0 heterocycles. The highest BCUT2D eigenvalue weighted by Gasteiger charge is 2.13. The Bertz CT molecular complexity index is 387. The van der Waals surface area contributed by atoms with Crippen LogP contribution in [0.25, 0.3) is 0 Å². The maximum absolute atomic E-state index is 10.8. The van der Waals surface area contributed by atoms with Gasteiger partial charge in [0.1, 0.15) is 0 Å². The third-order valence-electron chi connectivity index (χ3n) is 2.08. The van der Waals surface area contributed by atoms with E-state index in [0.29, 0.717) is 11.3 Å². The lowest BCUT2D eigenvalue weighted by molar-refractivity contribution is -0.138. The molecule has 0 aromatic heterocycles. The van der Waals surface area contributed by atoms with E-state index in [1.807, 2.05) is 0 Å². The fourth-order valence-electron chi connectivity index (χ4n) is 1.23. The molecule has 4 heteroatoms. The van der Waals surface area contributed by atoms with Crippen molar-refractivity contribution in [3.8, 4) is 0 Å². The predicted octanol–water partition coefficient (Wildman–Crippen LogP) is 1.83. The second kappa shape index (κ2) is 4.59. The Morgan fingerprint density at radius 3 is 2.60 bits per heavy atom. The summed E-state index contributed by atoms with van der Waals surface area (Å²) < 4.78 is 0. The Morgan fingerprint density at radius 1 is 1.40 bits per heavy atom. The lowest BCUT2D eigenvalue weighted by Gasteiger charge is -2.08. The molecule has 1 amide bonds. The van der Waals surface area contributed by atoms with Crippen LogP contribution in [0.1, 0.15) is 25.3 Å². The molecule has 0 aliphatic carbocycles. The van der Waals surface area contributed by atoms with Gasteiger partial charge >= 0.3 is 5.97 Å². The van der Waals surface area contributed by atoms with Gasteiger partial charge in [0.15, 0.2) is 0 Å². The van der Waals surface area contributed by atoms with Crippen LogP contribution in [0.3, 0.4) is 0 Å². The van der Waals surface area contributed by atoms with Crippen LogP contribution in [0.4, 0.5) is 5.69 Å². The van der Waals surface area contributed by atoms with Crippen molar-refractivity contribution in [2.24, 2.45) is 0 Å². The van der Waals surface area contributed by atoms with Crippen molar-refractivity contribution in [3.63, 3.8) is 0 Å². The first-order valence-electron chi connectivity index (χ1n) is 4.61. The summed E-state index contributed by atoms with van der Waals surface area (Å²) in [5.41, 5.74) is 1.29. The number of rotatable bonds is 3. The third kappa shape index (κ3) is 3.09. The molecule has 0 radical (unpaired) electrons. The number of amides is 1. The first kappa shape index (κ1) is 11.2. The van der Waals surface area contributed by atoms with E-state index >= 15 is 0 Å². The van der Waals surface area contributed by atoms with Gasteiger partial charge in [-0.1, -0.05) is 12.1 Å². The molecule has 0 saturated heterocycles. The summed E-state index contributed by atoms with van der Waals surface area (Å²) >= 11 is 0. The number of nitrogens with one attached hydrogen (secondary N) is 1. The summed E-state index contributed by atoms with van der Waals surface area (Å²) in [6.45, 7) is 3.02. The zero-order valence-electron chi connectivity index (χ0n) is 8.65. The molecule has 4 nitrogen and oxygen atoms in total. The largest absolute Gasteiger partial charge is 0.481 e. The van der Waals surface area contributed by atoms with Crippen molar-refractivity contribution in [3.05, 3.63) is 29.8 Å². The summed E-state index contributed by atoms with van der Waals surface area (Å²) in [5.74, 6) is -1.62. The Morgan fingerprint density at radius 2 is 2.07 bits per heavy atom. The fourth-order valence-corrected chi connectivity index (χ4v) is 1.23. The number of hydrogen-bond acceptors (Lipinski definition) is 2. The van der Waals surface area contributed by atoms with Crippen LogP contribution in [-0.4, -0.2) is 17.0 Å². The molecule has 2 N–H and O–H groups in total. The van der Waals surface area contributed by atoms with Crippen molar-refractivity contribution in [1.29, 1.82) is 0 Å². The van der Waals surface area contributed by atoms with Gasteiger partial charge in [-0.05, 0) is 24.6 Å². The van der Waals surface area contributed by atoms with Crippen LogP contribution in [0.15, 0.2) is 24.3 Å². The number of anilines is 1. The minimum absolute atomic E-state index is 0.171. The number of aliphatic carboxylic acids is 1. The average molecular weight is 207 g/mol. The summed E-state index contributed by atoms with van der Waals surface area (Å²) in [6.07, 6.45) is 0. The normalized spacial score (nSPS) is 11.9. The van der Waals surface area contributed by atoms with Crippen molar-refractivity contribution in [2.45, 2.75) is 19.8 Å². The molecule has 1 aromatic rings. The standard InChI is InChI=1S/C11H13NO3/c1-7(11(14)15)9-4-3-5-10(6-9)12-8(2)13/h3-7H,1-2H3,(H,12,13)(H,14,15). The molecule has 80 valence electrons. The van der Waals surface area contributed by atoms with Crippen LogP contribution < -0.4 is 5.32 Å². The van der Waals surface area contributed by atoms with Gasteiger partial charge in [-0.15, -0.1) is 0 Å². The van der Waals surface area contributed by atoms with E-state index in [-0.39, 0.29) is 5.91 Å². The number of carbonyl (C=O) groups excluding carboxylic acids is 1. The van der Waals surface area contributed by atoms with Gasteiger partial charge in [-0.3, -0.25) is 9.59 Å². The maximum atomic E-state index is 10.8. The average Bonchev–Trinajstić information content (AvgIpc) is 2.16. The molecule has 1 aromatic carbocycles. The first-order chi connectivity index (χ1) is 7.00. The molecule has 1 rings (SSSR count). The van der Waals surface area contributed by atoms with E-state index in [1.165, 1.54) is 6.92 Å². The number of hydrogen-bond donors (Lipinski definition) is 2. The van der Waals surface area contributed by atoms with Crippen LogP contribution in [-0.2, 0) is 9.59 Å². The van der Waals surface area contributed by atoms with Gasteiger partial charge in [0.05, 0.1) is 5.92 Å². The molecule has 0 spiro atoms. The van der Waals surface area contributed by atoms with Crippen LogP contribution >= 0.6 is 0 Å². The van der Waals surface area contributed by atoms with E-state index in [4.69, 9.17) is 5.11 Å². The predicted molar refractivity (Wildman–Crippen MR) is 56.8 cm³/mol. The zero-order valence-corrected chi connectivity index (χ0v) is 8.65. The monoisotopic (exact) mass is 207 g/mol. The van der Waals surface area contributed by atoms with Crippen LogP contribution in [0.2, 0.25) is 0 Å². The van der Waals surface area contributed by atoms with Gasteiger partial charge in [-0.25, -0.2) is 0 Å². The van der Waals surface area contributed by atoms with E-state index in [9.17, 15) is 9.59 Å². The van der Waals surface area contributed by atoms with E-state index in [2.05, 4.69) is 5.32 Å². The molecule has 1 atom stereocenters. The topological polar surface area (TPSA) is 66.4 Å². The number of benzene rings is 1. The van der Waals surface area contributed by atoms with E-state index in [0.717, 1.165) is 0 Å². The molecule has 0 aliphatic heterocycles. The van der Waals surface area contributed by atoms with Crippen LogP contribution in [0.5, 0.6) is 0 Å². The molecular formula is C11H13NO3. The number of carboxylic acids is 1. The second-order valence-corrected chi connectivity index (χ2v) is 3.37. The number of carboxylic acid groups (broad SMARTS) is 1. The highest BCUT2D eigenvalue weighted by molar-refractivity contribution is 5.89. The molecule has 0 aliphatic rings. The third-order valence-corrected chi connectivity index (χ3v) is 2.08. The lowest BCUT2D eigenvalue weighted by Crippen LogP contribution is -2.09. The Hall–Kier alpha value is -1.84. The van der Waals surface area contributed by atoms with Gasteiger partial charge < -0.3 is 10.4 Å². The summed E-state index contributed by atoms with van der Waals surface area (Å²) in [6, 6.07) is 6.84.